The van der Waals surface area contributed by atoms with Crippen molar-refractivity contribution in [2.24, 2.45) is 0 Å². The molecule has 1 aromatic heterocycles. The van der Waals surface area contributed by atoms with Gasteiger partial charge in [-0.3, -0.25) is 0 Å². The lowest BCUT2D eigenvalue weighted by atomic mass is 10.0. The number of nitrogens with zero attached hydrogens (tertiary/aromatic N) is 3. The summed E-state index contributed by atoms with van der Waals surface area (Å²) in [5.74, 6) is 1.82. The highest BCUT2D eigenvalue weighted by Crippen LogP contribution is 2.34. The molecule has 1 saturated heterocycles. The van der Waals surface area contributed by atoms with E-state index in [0.29, 0.717) is 17.8 Å². The van der Waals surface area contributed by atoms with Crippen molar-refractivity contribution in [3.05, 3.63) is 11.7 Å². The highest BCUT2D eigenvalue weighted by Gasteiger charge is 2.33. The zero-order valence-corrected chi connectivity index (χ0v) is 11.6. The molecule has 0 aromatic carbocycles. The summed E-state index contributed by atoms with van der Waals surface area (Å²) in [5.41, 5.74) is 0. The van der Waals surface area contributed by atoms with Gasteiger partial charge in [0, 0.05) is 19.1 Å². The lowest BCUT2D eigenvalue weighted by molar-refractivity contribution is -0.0264. The first kappa shape index (κ1) is 13.0. The maximum Gasteiger partial charge on any atom is 0.231 e. The van der Waals surface area contributed by atoms with Gasteiger partial charge in [0.15, 0.2) is 0 Å². The van der Waals surface area contributed by atoms with Crippen molar-refractivity contribution in [1.29, 1.82) is 0 Å². The maximum atomic E-state index is 5.72. The summed E-state index contributed by atoms with van der Waals surface area (Å²) in [6, 6.07) is 0.461. The van der Waals surface area contributed by atoms with Gasteiger partial charge in [-0.2, -0.15) is 4.98 Å². The predicted octanol–water partition coefficient (Wildman–Crippen LogP) is 0.928. The second-order valence-corrected chi connectivity index (χ2v) is 5.55. The highest BCUT2D eigenvalue weighted by molar-refractivity contribution is 5.04. The molecular weight excluding hydrogens is 244 g/mol. The van der Waals surface area contributed by atoms with Crippen molar-refractivity contribution in [3.63, 3.8) is 0 Å². The number of hydrogen-bond donors (Lipinski definition) is 1. The topological polar surface area (TPSA) is 63.4 Å². The fourth-order valence-corrected chi connectivity index (χ4v) is 3.06. The second kappa shape index (κ2) is 5.56. The minimum absolute atomic E-state index is 0.0503. The molecule has 1 N–H and O–H groups in total. The van der Waals surface area contributed by atoms with Crippen LogP contribution in [0.4, 0.5) is 0 Å². The zero-order valence-electron chi connectivity index (χ0n) is 11.6. The highest BCUT2D eigenvalue weighted by atomic mass is 16.5. The maximum absolute atomic E-state index is 5.72. The van der Waals surface area contributed by atoms with E-state index in [-0.39, 0.29) is 6.10 Å². The van der Waals surface area contributed by atoms with E-state index in [4.69, 9.17) is 9.26 Å². The molecular formula is C13H22N4O2. The van der Waals surface area contributed by atoms with Gasteiger partial charge in [-0.05, 0) is 26.9 Å². The molecule has 2 heterocycles. The molecule has 1 aliphatic heterocycles. The van der Waals surface area contributed by atoms with Crippen LogP contribution in [0.3, 0.4) is 0 Å². The zero-order chi connectivity index (χ0) is 13.2. The summed E-state index contributed by atoms with van der Waals surface area (Å²) < 4.78 is 11.2. The van der Waals surface area contributed by atoms with Gasteiger partial charge in [0.25, 0.3) is 0 Å². The molecule has 3 unspecified atom stereocenters. The van der Waals surface area contributed by atoms with E-state index in [2.05, 4.69) is 27.4 Å². The van der Waals surface area contributed by atoms with Crippen LogP contribution in [0.25, 0.3) is 0 Å². The molecule has 3 atom stereocenters. The van der Waals surface area contributed by atoms with Gasteiger partial charge in [-0.1, -0.05) is 11.6 Å². The third-order valence-corrected chi connectivity index (χ3v) is 4.22. The lowest BCUT2D eigenvalue weighted by Crippen LogP contribution is -2.35. The van der Waals surface area contributed by atoms with Gasteiger partial charge < -0.3 is 19.5 Å². The van der Waals surface area contributed by atoms with E-state index < -0.39 is 0 Å². The largest absolute Gasteiger partial charge is 0.367 e. The normalized spacial score (nSPS) is 32.8. The van der Waals surface area contributed by atoms with Crippen molar-refractivity contribution < 1.29 is 9.26 Å². The van der Waals surface area contributed by atoms with Gasteiger partial charge in [0.1, 0.15) is 6.10 Å². The Morgan fingerprint density at radius 1 is 1.37 bits per heavy atom. The van der Waals surface area contributed by atoms with Crippen molar-refractivity contribution in [2.45, 2.75) is 37.3 Å². The van der Waals surface area contributed by atoms with Crippen LogP contribution in [0, 0.1) is 0 Å². The van der Waals surface area contributed by atoms with Crippen LogP contribution < -0.4 is 5.32 Å². The molecule has 0 radical (unpaired) electrons. The SMILES string of the molecule is CNC1CCCC1c1nc(C2CN(C)CCO2)no1. The number of rotatable bonds is 3. The minimum atomic E-state index is -0.0503. The molecule has 2 aliphatic rings. The quantitative estimate of drug-likeness (QED) is 0.878. The van der Waals surface area contributed by atoms with Gasteiger partial charge in [0.2, 0.25) is 11.7 Å². The number of likely N-dealkylation sites (N-methyl/N-ethyl adjacent to an activating group) is 2. The van der Waals surface area contributed by atoms with E-state index in [0.717, 1.165) is 32.0 Å². The van der Waals surface area contributed by atoms with Crippen molar-refractivity contribution in [1.82, 2.24) is 20.4 Å². The van der Waals surface area contributed by atoms with Crippen LogP contribution in [-0.4, -0.2) is 54.9 Å². The summed E-state index contributed by atoms with van der Waals surface area (Å²) in [7, 11) is 4.09. The average molecular weight is 266 g/mol. The van der Waals surface area contributed by atoms with Crippen LogP contribution in [0.1, 0.15) is 43.0 Å². The molecule has 3 rings (SSSR count). The third-order valence-electron chi connectivity index (χ3n) is 4.22. The Balaban J connectivity index is 1.72. The molecule has 19 heavy (non-hydrogen) atoms. The number of aromatic nitrogens is 2. The average Bonchev–Trinajstić information content (AvgIpc) is 3.07. The van der Waals surface area contributed by atoms with Crippen molar-refractivity contribution >= 4 is 0 Å². The fourth-order valence-electron chi connectivity index (χ4n) is 3.06. The fraction of sp³-hybridized carbons (Fsp3) is 0.846. The van der Waals surface area contributed by atoms with E-state index in [1.54, 1.807) is 0 Å². The van der Waals surface area contributed by atoms with E-state index in [1.165, 1.54) is 12.8 Å². The first-order valence-corrected chi connectivity index (χ1v) is 7.09. The third kappa shape index (κ3) is 2.66. The molecule has 1 saturated carbocycles. The Bertz CT molecular complexity index is 423. The summed E-state index contributed by atoms with van der Waals surface area (Å²) in [4.78, 5) is 6.81. The molecule has 1 aliphatic carbocycles. The minimum Gasteiger partial charge on any atom is -0.367 e. The number of nitrogens with one attached hydrogen (secondary N) is 1. The standard InChI is InChI=1S/C13H22N4O2/c1-14-10-5-3-4-9(10)13-15-12(16-19-13)11-8-17(2)6-7-18-11/h9-11,14H,3-8H2,1-2H3. The molecule has 6 nitrogen and oxygen atoms in total. The first-order chi connectivity index (χ1) is 9.28. The molecule has 2 fully saturated rings. The van der Waals surface area contributed by atoms with E-state index >= 15 is 0 Å². The Hall–Kier alpha value is -0.980. The number of hydrogen-bond acceptors (Lipinski definition) is 6. The number of morpholine rings is 1. The van der Waals surface area contributed by atoms with Gasteiger partial charge in [-0.15, -0.1) is 0 Å². The Labute approximate surface area is 113 Å². The summed E-state index contributed by atoms with van der Waals surface area (Å²) >= 11 is 0. The van der Waals surface area contributed by atoms with E-state index in [9.17, 15) is 0 Å². The Morgan fingerprint density at radius 3 is 3.05 bits per heavy atom. The molecule has 6 heteroatoms. The summed E-state index contributed by atoms with van der Waals surface area (Å²) in [6.45, 7) is 2.53. The lowest BCUT2D eigenvalue weighted by Gasteiger charge is -2.27. The van der Waals surface area contributed by atoms with Gasteiger partial charge >= 0.3 is 0 Å². The summed E-state index contributed by atoms with van der Waals surface area (Å²) in [5, 5.41) is 7.46. The van der Waals surface area contributed by atoms with Gasteiger partial charge in [0.05, 0.1) is 12.5 Å². The van der Waals surface area contributed by atoms with Crippen LogP contribution in [0.2, 0.25) is 0 Å². The molecule has 0 spiro atoms. The first-order valence-electron chi connectivity index (χ1n) is 7.09. The number of ether oxygens (including phenoxy) is 1. The molecule has 0 amide bonds. The molecule has 106 valence electrons. The monoisotopic (exact) mass is 266 g/mol. The predicted molar refractivity (Wildman–Crippen MR) is 69.9 cm³/mol. The Morgan fingerprint density at radius 2 is 2.26 bits per heavy atom. The van der Waals surface area contributed by atoms with Crippen LogP contribution in [0.15, 0.2) is 4.52 Å². The van der Waals surface area contributed by atoms with E-state index in [1.807, 2.05) is 7.05 Å². The van der Waals surface area contributed by atoms with Crippen molar-refractivity contribution in [2.75, 3.05) is 33.8 Å². The smallest absolute Gasteiger partial charge is 0.231 e. The molecule has 1 aromatic rings. The van der Waals surface area contributed by atoms with Crippen LogP contribution in [0.5, 0.6) is 0 Å². The van der Waals surface area contributed by atoms with Crippen LogP contribution in [-0.2, 0) is 4.74 Å². The second-order valence-electron chi connectivity index (χ2n) is 5.55. The van der Waals surface area contributed by atoms with Crippen LogP contribution >= 0.6 is 0 Å². The Kier molecular flexibility index (Phi) is 3.81. The molecule has 0 bridgehead atoms. The van der Waals surface area contributed by atoms with Gasteiger partial charge in [-0.25, -0.2) is 0 Å². The van der Waals surface area contributed by atoms with Crippen molar-refractivity contribution in [3.8, 4) is 0 Å². The summed E-state index contributed by atoms with van der Waals surface area (Å²) in [6.07, 6.45) is 3.47.